The van der Waals surface area contributed by atoms with Crippen LogP contribution >= 0.6 is 0 Å². The average molecular weight is 208 g/mol. The first kappa shape index (κ1) is 11.3. The minimum Gasteiger partial charge on any atom is -0.396 e. The van der Waals surface area contributed by atoms with Crippen LogP contribution in [-0.2, 0) is 7.05 Å². The van der Waals surface area contributed by atoms with Crippen LogP contribution in [0, 0.1) is 0 Å². The first-order valence-corrected chi connectivity index (χ1v) is 4.60. The third-order valence-corrected chi connectivity index (χ3v) is 1.91. The van der Waals surface area contributed by atoms with E-state index in [1.54, 1.807) is 25.2 Å². The first-order valence-electron chi connectivity index (χ1n) is 4.60. The summed E-state index contributed by atoms with van der Waals surface area (Å²) in [6, 6.07) is 0. The number of carbonyl (C=O) groups excluding carboxylic acids is 1. The van der Waals surface area contributed by atoms with Gasteiger partial charge in [-0.25, -0.2) is 0 Å². The Morgan fingerprint density at radius 1 is 1.73 bits per heavy atom. The lowest BCUT2D eigenvalue weighted by Crippen LogP contribution is -2.29. The van der Waals surface area contributed by atoms with E-state index in [0.717, 1.165) is 5.57 Å². The molecule has 82 valence electrons. The van der Waals surface area contributed by atoms with E-state index in [9.17, 15) is 4.79 Å². The predicted molar refractivity (Wildman–Crippen MR) is 59.4 cm³/mol. The van der Waals surface area contributed by atoms with Gasteiger partial charge in [0.15, 0.2) is 5.69 Å². The van der Waals surface area contributed by atoms with Crippen LogP contribution in [0.15, 0.2) is 18.3 Å². The zero-order valence-corrected chi connectivity index (χ0v) is 9.32. The number of nitrogens with zero attached hydrogens (tertiary/aromatic N) is 3. The lowest BCUT2D eigenvalue weighted by atomic mass is 10.3. The summed E-state index contributed by atoms with van der Waals surface area (Å²) in [7, 11) is 3.43. The summed E-state index contributed by atoms with van der Waals surface area (Å²) >= 11 is 0. The Labute approximate surface area is 89.2 Å². The number of aromatic nitrogens is 2. The van der Waals surface area contributed by atoms with Crippen molar-refractivity contribution < 1.29 is 4.79 Å². The van der Waals surface area contributed by atoms with Crippen molar-refractivity contribution in [2.45, 2.75) is 6.92 Å². The van der Waals surface area contributed by atoms with Crippen molar-refractivity contribution in [3.63, 3.8) is 0 Å². The quantitative estimate of drug-likeness (QED) is 0.742. The number of aryl methyl sites for hydroxylation is 1. The van der Waals surface area contributed by atoms with Gasteiger partial charge in [0.05, 0.1) is 5.69 Å². The second-order valence-corrected chi connectivity index (χ2v) is 3.73. The molecule has 0 saturated heterocycles. The maximum absolute atomic E-state index is 11.8. The average Bonchev–Trinajstić information content (AvgIpc) is 2.42. The van der Waals surface area contributed by atoms with E-state index in [0.29, 0.717) is 17.9 Å². The molecule has 1 amide bonds. The Kier molecular flexibility index (Phi) is 3.14. The molecule has 1 aromatic rings. The Bertz CT molecular complexity index is 394. The van der Waals surface area contributed by atoms with Crippen LogP contribution in [0.2, 0.25) is 0 Å². The SMILES string of the molecule is C=C(C)CN(C)C(=O)c1nn(C)cc1N. The van der Waals surface area contributed by atoms with Crippen molar-refractivity contribution in [2.24, 2.45) is 7.05 Å². The van der Waals surface area contributed by atoms with Gasteiger partial charge in [0.2, 0.25) is 0 Å². The van der Waals surface area contributed by atoms with Gasteiger partial charge in [-0.05, 0) is 6.92 Å². The maximum Gasteiger partial charge on any atom is 0.276 e. The van der Waals surface area contributed by atoms with Gasteiger partial charge >= 0.3 is 0 Å². The van der Waals surface area contributed by atoms with Crippen LogP contribution in [-0.4, -0.2) is 34.2 Å². The molecule has 0 radical (unpaired) electrons. The second-order valence-electron chi connectivity index (χ2n) is 3.73. The van der Waals surface area contributed by atoms with Gasteiger partial charge in [0.1, 0.15) is 0 Å². The molecule has 0 unspecified atom stereocenters. The molecule has 1 heterocycles. The molecule has 0 bridgehead atoms. The molecule has 0 atom stereocenters. The molecule has 2 N–H and O–H groups in total. The monoisotopic (exact) mass is 208 g/mol. The normalized spacial score (nSPS) is 10.1. The molecule has 1 rings (SSSR count). The fourth-order valence-corrected chi connectivity index (χ4v) is 1.33. The predicted octanol–water partition coefficient (Wildman–Crippen LogP) is 0.650. The van der Waals surface area contributed by atoms with Gasteiger partial charge in [-0.15, -0.1) is 0 Å². The number of nitrogens with two attached hydrogens (primary N) is 1. The highest BCUT2D eigenvalue weighted by molar-refractivity contribution is 5.96. The number of likely N-dealkylation sites (N-methyl/N-ethyl adjacent to an activating group) is 1. The smallest absolute Gasteiger partial charge is 0.276 e. The van der Waals surface area contributed by atoms with E-state index in [4.69, 9.17) is 5.73 Å². The molecule has 1 aromatic heterocycles. The fraction of sp³-hybridized carbons (Fsp3) is 0.400. The van der Waals surface area contributed by atoms with Gasteiger partial charge in [0, 0.05) is 26.8 Å². The summed E-state index contributed by atoms with van der Waals surface area (Å²) in [4.78, 5) is 13.4. The molecule has 0 aromatic carbocycles. The highest BCUT2D eigenvalue weighted by Gasteiger charge is 2.17. The van der Waals surface area contributed by atoms with Gasteiger partial charge in [-0.3, -0.25) is 9.48 Å². The Morgan fingerprint density at radius 3 is 2.73 bits per heavy atom. The second kappa shape index (κ2) is 4.16. The third kappa shape index (κ3) is 2.59. The van der Waals surface area contributed by atoms with E-state index < -0.39 is 0 Å². The first-order chi connectivity index (χ1) is 6.91. The molecule has 0 aliphatic rings. The molecular formula is C10H16N4O. The fourth-order valence-electron chi connectivity index (χ4n) is 1.33. The summed E-state index contributed by atoms with van der Waals surface area (Å²) in [5, 5.41) is 4.01. The largest absolute Gasteiger partial charge is 0.396 e. The molecule has 0 spiro atoms. The highest BCUT2D eigenvalue weighted by Crippen LogP contribution is 2.11. The topological polar surface area (TPSA) is 64.2 Å². The number of amides is 1. The number of carbonyl (C=O) groups is 1. The van der Waals surface area contributed by atoms with E-state index in [1.165, 1.54) is 4.68 Å². The van der Waals surface area contributed by atoms with Gasteiger partial charge in [-0.2, -0.15) is 5.10 Å². The highest BCUT2D eigenvalue weighted by atomic mass is 16.2. The van der Waals surface area contributed by atoms with Gasteiger partial charge < -0.3 is 10.6 Å². The molecule has 15 heavy (non-hydrogen) atoms. The molecule has 5 heteroatoms. The van der Waals surface area contributed by atoms with Crippen LogP contribution in [0.3, 0.4) is 0 Å². The van der Waals surface area contributed by atoms with E-state index >= 15 is 0 Å². The Morgan fingerprint density at radius 2 is 2.33 bits per heavy atom. The van der Waals surface area contributed by atoms with Crippen LogP contribution < -0.4 is 5.73 Å². The van der Waals surface area contributed by atoms with Gasteiger partial charge in [0.25, 0.3) is 5.91 Å². The molecule has 0 aliphatic heterocycles. The number of anilines is 1. The number of nitrogen functional groups attached to an aromatic ring is 1. The zero-order valence-electron chi connectivity index (χ0n) is 9.32. The van der Waals surface area contributed by atoms with E-state index in [-0.39, 0.29) is 5.91 Å². The van der Waals surface area contributed by atoms with Crippen molar-refractivity contribution in [3.05, 3.63) is 24.0 Å². The van der Waals surface area contributed by atoms with Crippen molar-refractivity contribution in [1.82, 2.24) is 14.7 Å². The van der Waals surface area contributed by atoms with Crippen molar-refractivity contribution in [1.29, 1.82) is 0 Å². The van der Waals surface area contributed by atoms with Crippen LogP contribution in [0.1, 0.15) is 17.4 Å². The van der Waals surface area contributed by atoms with Crippen LogP contribution in [0.25, 0.3) is 0 Å². The van der Waals surface area contributed by atoms with E-state index in [1.807, 2.05) is 6.92 Å². The molecule has 0 fully saturated rings. The van der Waals surface area contributed by atoms with Crippen LogP contribution in [0.4, 0.5) is 5.69 Å². The van der Waals surface area contributed by atoms with Crippen molar-refractivity contribution in [3.8, 4) is 0 Å². The molecule has 0 saturated carbocycles. The molecule has 0 aliphatic carbocycles. The standard InChI is InChI=1S/C10H16N4O/c1-7(2)5-13(3)10(15)9-8(11)6-14(4)12-9/h6H,1,5,11H2,2-4H3. The minimum atomic E-state index is -0.184. The Balaban J connectivity index is 2.84. The third-order valence-electron chi connectivity index (χ3n) is 1.91. The molecular weight excluding hydrogens is 192 g/mol. The summed E-state index contributed by atoms with van der Waals surface area (Å²) in [5.74, 6) is -0.184. The van der Waals surface area contributed by atoms with Crippen LogP contribution in [0.5, 0.6) is 0 Å². The number of hydrogen-bond acceptors (Lipinski definition) is 3. The molecule has 5 nitrogen and oxygen atoms in total. The lowest BCUT2D eigenvalue weighted by Gasteiger charge is -2.15. The van der Waals surface area contributed by atoms with Gasteiger partial charge in [-0.1, -0.05) is 12.2 Å². The number of rotatable bonds is 3. The minimum absolute atomic E-state index is 0.184. The lowest BCUT2D eigenvalue weighted by molar-refractivity contribution is 0.0801. The maximum atomic E-state index is 11.8. The summed E-state index contributed by atoms with van der Waals surface area (Å²) in [6.07, 6.45) is 1.61. The van der Waals surface area contributed by atoms with Crippen molar-refractivity contribution in [2.75, 3.05) is 19.3 Å². The van der Waals surface area contributed by atoms with Crippen molar-refractivity contribution >= 4 is 11.6 Å². The summed E-state index contributed by atoms with van der Waals surface area (Å²) in [6.45, 7) is 6.12. The van der Waals surface area contributed by atoms with E-state index in [2.05, 4.69) is 11.7 Å². The Hall–Kier alpha value is -1.78. The number of hydrogen-bond donors (Lipinski definition) is 1. The zero-order chi connectivity index (χ0) is 11.6. The summed E-state index contributed by atoms with van der Waals surface area (Å²) < 4.78 is 1.52. The summed E-state index contributed by atoms with van der Waals surface area (Å²) in [5.41, 5.74) is 7.27.